The third-order valence-electron chi connectivity index (χ3n) is 5.15. The molecule has 0 heterocycles. The van der Waals surface area contributed by atoms with Gasteiger partial charge in [0.15, 0.2) is 18.2 Å². The summed E-state index contributed by atoms with van der Waals surface area (Å²) in [5, 5.41) is 10.0. The van der Waals surface area contributed by atoms with E-state index in [1.54, 1.807) is 13.0 Å². The van der Waals surface area contributed by atoms with Gasteiger partial charge in [-0.05, 0) is 72.9 Å². The molecule has 0 saturated heterocycles. The predicted molar refractivity (Wildman–Crippen MR) is 106 cm³/mol. The van der Waals surface area contributed by atoms with Crippen LogP contribution in [0, 0.1) is 5.82 Å². The highest BCUT2D eigenvalue weighted by Crippen LogP contribution is 2.37. The fourth-order valence-corrected chi connectivity index (χ4v) is 3.84. The first-order valence-corrected chi connectivity index (χ1v) is 9.84. The van der Waals surface area contributed by atoms with Crippen molar-refractivity contribution >= 4 is 5.97 Å². The number of phenols is 1. The van der Waals surface area contributed by atoms with Crippen LogP contribution in [0.15, 0.2) is 24.3 Å². The van der Waals surface area contributed by atoms with Crippen molar-refractivity contribution < 1.29 is 23.8 Å². The van der Waals surface area contributed by atoms with E-state index in [4.69, 9.17) is 9.47 Å². The van der Waals surface area contributed by atoms with E-state index in [0.717, 1.165) is 47.1 Å². The Kier molecular flexibility index (Phi) is 6.22. The molecule has 2 aromatic rings. The van der Waals surface area contributed by atoms with Crippen LogP contribution in [0.5, 0.6) is 11.5 Å². The number of hydrogen-bond donors (Lipinski definition) is 1. The SMILES string of the molecule is CCOC(=O)COc1c(F)cc(Cc2ccc(O)c(C(C)C)c2)c2c1CCC2. The highest BCUT2D eigenvalue weighted by molar-refractivity contribution is 5.71. The van der Waals surface area contributed by atoms with E-state index in [9.17, 15) is 14.3 Å². The van der Waals surface area contributed by atoms with Gasteiger partial charge in [-0.25, -0.2) is 9.18 Å². The van der Waals surface area contributed by atoms with Crippen LogP contribution in [0.2, 0.25) is 0 Å². The molecule has 0 spiro atoms. The van der Waals surface area contributed by atoms with Crippen molar-refractivity contribution in [3.8, 4) is 11.5 Å². The smallest absolute Gasteiger partial charge is 0.344 e. The molecule has 0 radical (unpaired) electrons. The molecule has 1 aliphatic carbocycles. The minimum absolute atomic E-state index is 0.179. The average molecular weight is 386 g/mol. The van der Waals surface area contributed by atoms with Gasteiger partial charge >= 0.3 is 5.97 Å². The van der Waals surface area contributed by atoms with Gasteiger partial charge in [-0.1, -0.05) is 26.0 Å². The van der Waals surface area contributed by atoms with Gasteiger partial charge in [0, 0.05) is 5.56 Å². The van der Waals surface area contributed by atoms with Crippen molar-refractivity contribution in [2.45, 2.75) is 52.4 Å². The zero-order valence-electron chi connectivity index (χ0n) is 16.7. The summed E-state index contributed by atoms with van der Waals surface area (Å²) in [6.45, 7) is 5.77. The molecule has 1 N–H and O–H groups in total. The highest BCUT2D eigenvalue weighted by Gasteiger charge is 2.24. The molecule has 0 saturated carbocycles. The second-order valence-corrected chi connectivity index (χ2v) is 7.48. The molecule has 4 nitrogen and oxygen atoms in total. The van der Waals surface area contributed by atoms with Crippen molar-refractivity contribution in [2.75, 3.05) is 13.2 Å². The van der Waals surface area contributed by atoms with Gasteiger partial charge in [-0.3, -0.25) is 0 Å². The number of fused-ring (bicyclic) bond motifs is 1. The van der Waals surface area contributed by atoms with Gasteiger partial charge in [0.05, 0.1) is 6.61 Å². The Balaban J connectivity index is 1.88. The molecule has 5 heteroatoms. The van der Waals surface area contributed by atoms with Crippen LogP contribution in [-0.4, -0.2) is 24.3 Å². The Bertz CT molecular complexity index is 873. The highest BCUT2D eigenvalue weighted by atomic mass is 19.1. The lowest BCUT2D eigenvalue weighted by Crippen LogP contribution is -2.16. The quantitative estimate of drug-likeness (QED) is 0.702. The summed E-state index contributed by atoms with van der Waals surface area (Å²) < 4.78 is 25.1. The summed E-state index contributed by atoms with van der Waals surface area (Å²) in [6, 6.07) is 7.10. The van der Waals surface area contributed by atoms with E-state index in [1.165, 1.54) is 6.07 Å². The van der Waals surface area contributed by atoms with Crippen LogP contribution in [0.3, 0.4) is 0 Å². The maximum Gasteiger partial charge on any atom is 0.344 e. The van der Waals surface area contributed by atoms with Crippen molar-refractivity contribution in [3.63, 3.8) is 0 Å². The monoisotopic (exact) mass is 386 g/mol. The van der Waals surface area contributed by atoms with Crippen molar-refractivity contribution in [1.82, 2.24) is 0 Å². The van der Waals surface area contributed by atoms with Gasteiger partial charge in [0.1, 0.15) is 5.75 Å². The molecule has 0 unspecified atom stereocenters. The van der Waals surface area contributed by atoms with Gasteiger partial charge in [0.25, 0.3) is 0 Å². The molecule has 1 aliphatic rings. The number of hydrogen-bond acceptors (Lipinski definition) is 4. The lowest BCUT2D eigenvalue weighted by atomic mass is 9.93. The Hall–Kier alpha value is -2.56. The molecule has 3 rings (SSSR count). The van der Waals surface area contributed by atoms with E-state index >= 15 is 0 Å². The first-order chi connectivity index (χ1) is 13.4. The molecule has 0 atom stereocenters. The summed E-state index contributed by atoms with van der Waals surface area (Å²) in [6.07, 6.45) is 3.15. The Labute approximate surface area is 165 Å². The van der Waals surface area contributed by atoms with Crippen molar-refractivity contribution in [2.24, 2.45) is 0 Å². The molecule has 2 aromatic carbocycles. The van der Waals surface area contributed by atoms with Crippen molar-refractivity contribution in [1.29, 1.82) is 0 Å². The molecule has 0 aliphatic heterocycles. The first-order valence-electron chi connectivity index (χ1n) is 9.84. The molecule has 0 bridgehead atoms. The lowest BCUT2D eigenvalue weighted by molar-refractivity contribution is -0.145. The Morgan fingerprint density at radius 2 is 1.96 bits per heavy atom. The van der Waals surface area contributed by atoms with Crippen LogP contribution in [0.4, 0.5) is 4.39 Å². The Morgan fingerprint density at radius 3 is 2.68 bits per heavy atom. The summed E-state index contributed by atoms with van der Waals surface area (Å²) in [7, 11) is 0. The number of rotatable bonds is 7. The fourth-order valence-electron chi connectivity index (χ4n) is 3.84. The third kappa shape index (κ3) is 4.29. The van der Waals surface area contributed by atoms with Crippen LogP contribution in [0.1, 0.15) is 60.9 Å². The second-order valence-electron chi connectivity index (χ2n) is 7.48. The van der Waals surface area contributed by atoms with Crippen LogP contribution < -0.4 is 4.74 Å². The minimum Gasteiger partial charge on any atom is -0.508 e. The average Bonchev–Trinajstić information content (AvgIpc) is 3.12. The van der Waals surface area contributed by atoms with Gasteiger partial charge in [0.2, 0.25) is 0 Å². The molecule has 0 aromatic heterocycles. The van der Waals surface area contributed by atoms with E-state index in [0.29, 0.717) is 6.42 Å². The first kappa shape index (κ1) is 20.2. The number of halogens is 1. The zero-order chi connectivity index (χ0) is 20.3. The number of carbonyl (C=O) groups is 1. The van der Waals surface area contributed by atoms with E-state index in [1.807, 2.05) is 26.0 Å². The topological polar surface area (TPSA) is 55.8 Å². The minimum atomic E-state index is -0.497. The molecule has 28 heavy (non-hydrogen) atoms. The number of phenolic OH excluding ortho intramolecular Hbond substituents is 1. The lowest BCUT2D eigenvalue weighted by Gasteiger charge is -2.16. The number of ether oxygens (including phenoxy) is 2. The van der Waals surface area contributed by atoms with Crippen molar-refractivity contribution in [3.05, 3.63) is 57.9 Å². The molecular formula is C23H27FO4. The fraction of sp³-hybridized carbons (Fsp3) is 0.435. The van der Waals surface area contributed by atoms with Crippen LogP contribution in [-0.2, 0) is 28.8 Å². The summed E-state index contributed by atoms with van der Waals surface area (Å²) >= 11 is 0. The summed E-state index contributed by atoms with van der Waals surface area (Å²) in [4.78, 5) is 11.6. The van der Waals surface area contributed by atoms with Gasteiger partial charge in [-0.2, -0.15) is 0 Å². The number of carbonyl (C=O) groups excluding carboxylic acids is 1. The maximum atomic E-state index is 14.8. The normalized spacial score (nSPS) is 12.9. The molecule has 150 valence electrons. The molecule has 0 amide bonds. The van der Waals surface area contributed by atoms with E-state index < -0.39 is 11.8 Å². The summed E-state index contributed by atoms with van der Waals surface area (Å²) in [5.74, 6) is -0.261. The van der Waals surface area contributed by atoms with Crippen LogP contribution in [0.25, 0.3) is 0 Å². The Morgan fingerprint density at radius 1 is 1.21 bits per heavy atom. The standard InChI is InChI=1S/C23H27FO4/c1-4-27-22(26)13-28-23-18-7-5-6-17(18)16(12-20(23)24)10-15-8-9-21(25)19(11-15)14(2)3/h8-9,11-12,14,25H,4-7,10,13H2,1-3H3. The maximum absolute atomic E-state index is 14.8. The van der Waals surface area contributed by atoms with E-state index in [2.05, 4.69) is 0 Å². The largest absolute Gasteiger partial charge is 0.508 e. The third-order valence-corrected chi connectivity index (χ3v) is 5.15. The zero-order valence-corrected chi connectivity index (χ0v) is 16.7. The number of aromatic hydroxyl groups is 1. The predicted octanol–water partition coefficient (Wildman–Crippen LogP) is 4.68. The van der Waals surface area contributed by atoms with Gasteiger partial charge < -0.3 is 14.6 Å². The van der Waals surface area contributed by atoms with Gasteiger partial charge in [-0.15, -0.1) is 0 Å². The molecular weight excluding hydrogens is 359 g/mol. The number of benzene rings is 2. The van der Waals surface area contributed by atoms with Crippen LogP contribution >= 0.6 is 0 Å². The van der Waals surface area contributed by atoms with E-state index in [-0.39, 0.29) is 30.6 Å². The molecule has 0 fully saturated rings. The summed E-state index contributed by atoms with van der Waals surface area (Å²) in [5.41, 5.74) is 4.84. The second kappa shape index (κ2) is 8.63. The number of esters is 1.